The van der Waals surface area contributed by atoms with Crippen LogP contribution in [0.25, 0.3) is 10.9 Å². The summed E-state index contributed by atoms with van der Waals surface area (Å²) in [5.74, 6) is 0.634. The monoisotopic (exact) mass is 441 g/mol. The number of fused-ring (bicyclic) bond motifs is 4. The maximum absolute atomic E-state index is 13.8. The van der Waals surface area contributed by atoms with E-state index in [1.54, 1.807) is 0 Å². The lowest BCUT2D eigenvalue weighted by atomic mass is 9.85. The Labute approximate surface area is 194 Å². The van der Waals surface area contributed by atoms with Gasteiger partial charge in [0.15, 0.2) is 0 Å². The molecule has 2 unspecified atom stereocenters. The highest BCUT2D eigenvalue weighted by Crippen LogP contribution is 2.43. The Morgan fingerprint density at radius 1 is 0.970 bits per heavy atom. The van der Waals surface area contributed by atoms with Crippen molar-refractivity contribution in [2.75, 3.05) is 6.54 Å². The number of benzene rings is 2. The molecular formula is C28H31N3O2. The Bertz CT molecular complexity index is 1220. The molecule has 2 fully saturated rings. The van der Waals surface area contributed by atoms with Crippen LogP contribution in [0.5, 0.6) is 0 Å². The van der Waals surface area contributed by atoms with E-state index in [2.05, 4.69) is 55.2 Å². The molecule has 1 saturated carbocycles. The van der Waals surface area contributed by atoms with Crippen LogP contribution >= 0.6 is 0 Å². The number of piperazine rings is 1. The second-order valence-corrected chi connectivity index (χ2v) is 10.2. The van der Waals surface area contributed by atoms with E-state index >= 15 is 0 Å². The molecule has 1 aromatic heterocycles. The lowest BCUT2D eigenvalue weighted by molar-refractivity contribution is -0.160. The zero-order chi connectivity index (χ0) is 22.7. The van der Waals surface area contributed by atoms with Gasteiger partial charge in [-0.15, -0.1) is 0 Å². The molecule has 2 atom stereocenters. The molecule has 5 nitrogen and oxygen atoms in total. The van der Waals surface area contributed by atoms with Crippen molar-refractivity contribution >= 4 is 22.7 Å². The van der Waals surface area contributed by atoms with Crippen molar-refractivity contribution in [3.63, 3.8) is 0 Å². The molecule has 6 rings (SSSR count). The quantitative estimate of drug-likeness (QED) is 0.627. The minimum Gasteiger partial charge on any atom is -0.356 e. The molecule has 3 aliphatic rings. The number of carbonyl (C=O) groups is 2. The molecule has 1 aliphatic carbocycles. The molecule has 3 aromatic rings. The third-order valence-electron chi connectivity index (χ3n) is 7.98. The SMILES string of the molecule is CC(C)c1ccc(C2c3[nH]c4ccccc4c3CC3C(=O)N(C4CCCC4)CC(=O)N32)cc1. The molecular weight excluding hydrogens is 410 g/mol. The normalized spacial score (nSPS) is 23.5. The van der Waals surface area contributed by atoms with E-state index in [1.807, 2.05) is 21.9 Å². The summed E-state index contributed by atoms with van der Waals surface area (Å²) in [5, 5.41) is 1.16. The minimum atomic E-state index is -0.437. The number of H-pyrrole nitrogens is 1. The average Bonchev–Trinajstić information content (AvgIpc) is 3.48. The third-order valence-corrected chi connectivity index (χ3v) is 7.98. The maximum atomic E-state index is 13.8. The summed E-state index contributed by atoms with van der Waals surface area (Å²) in [6.07, 6.45) is 4.91. The highest BCUT2D eigenvalue weighted by molar-refractivity contribution is 5.97. The molecule has 2 aliphatic heterocycles. The van der Waals surface area contributed by atoms with Gasteiger partial charge < -0.3 is 14.8 Å². The van der Waals surface area contributed by atoms with Crippen molar-refractivity contribution < 1.29 is 9.59 Å². The number of nitrogens with zero attached hydrogens (tertiary/aromatic N) is 2. The standard InChI is InChI=1S/C28H31N3O2/c1-17(2)18-11-13-19(14-12-18)27-26-22(21-9-5-6-10-23(21)29-26)15-24-28(33)30(16-25(32)31(24)27)20-7-3-4-8-20/h5-6,9-14,17,20,24,27,29H,3-4,7-8,15-16H2,1-2H3. The van der Waals surface area contributed by atoms with Gasteiger partial charge in [0.05, 0.1) is 6.04 Å². The third kappa shape index (κ3) is 3.20. The second-order valence-electron chi connectivity index (χ2n) is 10.2. The highest BCUT2D eigenvalue weighted by Gasteiger charge is 2.49. The number of hydrogen-bond acceptors (Lipinski definition) is 2. The number of rotatable bonds is 3. The highest BCUT2D eigenvalue weighted by atomic mass is 16.2. The number of hydrogen-bond donors (Lipinski definition) is 1. The first-order chi connectivity index (χ1) is 16.0. The van der Waals surface area contributed by atoms with E-state index in [9.17, 15) is 9.59 Å². The van der Waals surface area contributed by atoms with Crippen molar-refractivity contribution in [1.82, 2.24) is 14.8 Å². The smallest absolute Gasteiger partial charge is 0.246 e. The summed E-state index contributed by atoms with van der Waals surface area (Å²) >= 11 is 0. The summed E-state index contributed by atoms with van der Waals surface area (Å²) in [6, 6.07) is 16.4. The Morgan fingerprint density at radius 3 is 2.42 bits per heavy atom. The summed E-state index contributed by atoms with van der Waals surface area (Å²) < 4.78 is 0. The summed E-state index contributed by atoms with van der Waals surface area (Å²) in [6.45, 7) is 4.58. The Balaban J connectivity index is 1.49. The number of para-hydroxylation sites is 1. The van der Waals surface area contributed by atoms with Gasteiger partial charge in [-0.25, -0.2) is 0 Å². The molecule has 33 heavy (non-hydrogen) atoms. The van der Waals surface area contributed by atoms with Crippen molar-refractivity contribution in [2.24, 2.45) is 0 Å². The summed E-state index contributed by atoms with van der Waals surface area (Å²) in [7, 11) is 0. The zero-order valence-electron chi connectivity index (χ0n) is 19.4. The molecule has 1 N–H and O–H groups in total. The summed E-state index contributed by atoms with van der Waals surface area (Å²) in [5.41, 5.74) is 5.64. The predicted molar refractivity (Wildman–Crippen MR) is 129 cm³/mol. The van der Waals surface area contributed by atoms with Crippen LogP contribution in [0.1, 0.15) is 73.9 Å². The van der Waals surface area contributed by atoms with Gasteiger partial charge in [-0.05, 0) is 41.5 Å². The topological polar surface area (TPSA) is 56.4 Å². The predicted octanol–water partition coefficient (Wildman–Crippen LogP) is 4.92. The molecule has 0 radical (unpaired) electrons. The molecule has 2 amide bonds. The Kier molecular flexibility index (Phi) is 4.82. The average molecular weight is 442 g/mol. The van der Waals surface area contributed by atoms with E-state index in [-0.39, 0.29) is 30.4 Å². The van der Waals surface area contributed by atoms with Gasteiger partial charge >= 0.3 is 0 Å². The van der Waals surface area contributed by atoms with Gasteiger partial charge in [0.2, 0.25) is 11.8 Å². The molecule has 5 heteroatoms. The Hall–Kier alpha value is -3.08. The summed E-state index contributed by atoms with van der Waals surface area (Å²) in [4.78, 5) is 34.8. The van der Waals surface area contributed by atoms with Gasteiger partial charge in [-0.3, -0.25) is 9.59 Å². The van der Waals surface area contributed by atoms with Gasteiger partial charge in [-0.2, -0.15) is 0 Å². The Morgan fingerprint density at radius 2 is 1.70 bits per heavy atom. The van der Waals surface area contributed by atoms with Gasteiger partial charge in [0, 0.05) is 29.1 Å². The first-order valence-corrected chi connectivity index (χ1v) is 12.3. The van der Waals surface area contributed by atoms with Crippen LogP contribution in [0.2, 0.25) is 0 Å². The van der Waals surface area contributed by atoms with Crippen LogP contribution in [0.4, 0.5) is 0 Å². The van der Waals surface area contributed by atoms with E-state index in [0.717, 1.165) is 47.8 Å². The van der Waals surface area contributed by atoms with Crippen LogP contribution in [-0.4, -0.2) is 45.2 Å². The fourth-order valence-corrected chi connectivity index (χ4v) is 6.22. The molecule has 0 bridgehead atoms. The molecule has 2 aromatic carbocycles. The first-order valence-electron chi connectivity index (χ1n) is 12.3. The van der Waals surface area contributed by atoms with Gasteiger partial charge in [0.25, 0.3) is 0 Å². The number of aromatic amines is 1. The van der Waals surface area contributed by atoms with E-state index < -0.39 is 6.04 Å². The second kappa shape index (κ2) is 7.75. The van der Waals surface area contributed by atoms with Crippen LogP contribution in [0.3, 0.4) is 0 Å². The van der Waals surface area contributed by atoms with Crippen LogP contribution in [0.15, 0.2) is 48.5 Å². The minimum absolute atomic E-state index is 0.0637. The van der Waals surface area contributed by atoms with Crippen LogP contribution in [0, 0.1) is 0 Å². The van der Waals surface area contributed by atoms with E-state index in [4.69, 9.17) is 0 Å². The van der Waals surface area contributed by atoms with Crippen molar-refractivity contribution in [1.29, 1.82) is 0 Å². The van der Waals surface area contributed by atoms with Crippen molar-refractivity contribution in [2.45, 2.75) is 70.0 Å². The number of nitrogens with one attached hydrogen (secondary N) is 1. The van der Waals surface area contributed by atoms with Gasteiger partial charge in [0.1, 0.15) is 12.6 Å². The first kappa shape index (κ1) is 20.5. The molecule has 0 spiro atoms. The van der Waals surface area contributed by atoms with E-state index in [0.29, 0.717) is 12.3 Å². The van der Waals surface area contributed by atoms with Crippen LogP contribution < -0.4 is 0 Å². The van der Waals surface area contributed by atoms with Crippen molar-refractivity contribution in [3.8, 4) is 0 Å². The van der Waals surface area contributed by atoms with E-state index in [1.165, 1.54) is 11.1 Å². The number of amides is 2. The van der Waals surface area contributed by atoms with Gasteiger partial charge in [-0.1, -0.05) is 69.2 Å². The maximum Gasteiger partial charge on any atom is 0.246 e. The number of carbonyl (C=O) groups excluding carboxylic acids is 2. The fraction of sp³-hybridized carbons (Fsp3) is 0.429. The largest absolute Gasteiger partial charge is 0.356 e. The molecule has 3 heterocycles. The van der Waals surface area contributed by atoms with Crippen molar-refractivity contribution in [3.05, 3.63) is 70.9 Å². The number of aromatic nitrogens is 1. The zero-order valence-corrected chi connectivity index (χ0v) is 19.4. The lowest BCUT2D eigenvalue weighted by Gasteiger charge is -2.48. The molecule has 170 valence electrons. The molecule has 1 saturated heterocycles. The van der Waals surface area contributed by atoms with Crippen LogP contribution in [-0.2, 0) is 16.0 Å². The fourth-order valence-electron chi connectivity index (χ4n) is 6.22. The lowest BCUT2D eigenvalue weighted by Crippen LogP contribution is -2.64.